The summed E-state index contributed by atoms with van der Waals surface area (Å²) < 4.78 is 32.8. The van der Waals surface area contributed by atoms with E-state index in [0.29, 0.717) is 17.7 Å². The van der Waals surface area contributed by atoms with E-state index in [0.717, 1.165) is 12.3 Å². The second kappa shape index (κ2) is 6.58. The molecule has 0 aliphatic carbocycles. The zero-order valence-corrected chi connectivity index (χ0v) is 13.0. The summed E-state index contributed by atoms with van der Waals surface area (Å²) in [5.41, 5.74) is -0.692. The van der Waals surface area contributed by atoms with Crippen LogP contribution in [0.25, 0.3) is 0 Å². The highest BCUT2D eigenvalue weighted by atomic mass is 35.5. The molecule has 3 nitrogen and oxygen atoms in total. The summed E-state index contributed by atoms with van der Waals surface area (Å²) >= 11 is 11.2. The van der Waals surface area contributed by atoms with E-state index in [1.165, 1.54) is 0 Å². The first-order chi connectivity index (χ1) is 10.3. The van der Waals surface area contributed by atoms with Gasteiger partial charge in [-0.1, -0.05) is 11.6 Å². The van der Waals surface area contributed by atoms with E-state index in [1.54, 1.807) is 24.3 Å². The van der Waals surface area contributed by atoms with Gasteiger partial charge < -0.3 is 4.74 Å². The third-order valence-corrected chi connectivity index (χ3v) is 3.30. The molecular weight excluding hydrogens is 335 g/mol. The van der Waals surface area contributed by atoms with Crippen molar-refractivity contribution in [1.29, 1.82) is 0 Å². The van der Waals surface area contributed by atoms with Gasteiger partial charge in [0.05, 0.1) is 5.88 Å². The Kier molecular flexibility index (Phi) is 4.98. The van der Waals surface area contributed by atoms with Gasteiger partial charge in [-0.15, -0.1) is 11.6 Å². The molecule has 0 aliphatic heterocycles. The Labute approximate surface area is 135 Å². The van der Waals surface area contributed by atoms with Crippen LogP contribution in [0.4, 0.5) is 8.78 Å². The maximum atomic E-state index is 13.7. The van der Waals surface area contributed by atoms with E-state index < -0.39 is 23.1 Å². The van der Waals surface area contributed by atoms with Crippen molar-refractivity contribution < 1.29 is 18.3 Å². The Hall–Kier alpha value is -1.72. The van der Waals surface area contributed by atoms with Crippen LogP contribution in [0.2, 0.25) is 5.02 Å². The number of Topliss-reactive ketones (excluding diaryl/α,β-unsaturated/α-hetero) is 1. The fourth-order valence-electron chi connectivity index (χ4n) is 1.77. The Bertz CT molecular complexity index is 685. The lowest BCUT2D eigenvalue weighted by atomic mass is 10.0. The standard InChI is InChI=1S/C15H11Cl2F2NO2/c1-15(18,19)12-6-14(20-8-11(12)13(21)7-16)22-10-4-2-9(17)3-5-10/h2-6,8H,7H2,1H3. The fourth-order valence-corrected chi connectivity index (χ4v) is 2.04. The molecule has 7 heteroatoms. The molecule has 0 N–H and O–H groups in total. The number of alkyl halides is 3. The van der Waals surface area contributed by atoms with Gasteiger partial charge in [0.15, 0.2) is 5.78 Å². The van der Waals surface area contributed by atoms with Gasteiger partial charge in [-0.05, 0) is 24.3 Å². The number of halogens is 4. The molecule has 2 aromatic rings. The molecule has 1 heterocycles. The van der Waals surface area contributed by atoms with Crippen molar-refractivity contribution in [2.45, 2.75) is 12.8 Å². The van der Waals surface area contributed by atoms with Crippen LogP contribution in [0.3, 0.4) is 0 Å². The summed E-state index contributed by atoms with van der Waals surface area (Å²) in [5, 5.41) is 0.518. The van der Waals surface area contributed by atoms with Crippen molar-refractivity contribution in [1.82, 2.24) is 4.98 Å². The van der Waals surface area contributed by atoms with Crippen molar-refractivity contribution in [3.05, 3.63) is 52.7 Å². The number of hydrogen-bond donors (Lipinski definition) is 0. The summed E-state index contributed by atoms with van der Waals surface area (Å²) in [6, 6.07) is 7.38. The van der Waals surface area contributed by atoms with Gasteiger partial charge in [0.2, 0.25) is 5.88 Å². The van der Waals surface area contributed by atoms with Gasteiger partial charge in [-0.25, -0.2) is 13.8 Å². The van der Waals surface area contributed by atoms with Crippen molar-refractivity contribution in [2.24, 2.45) is 0 Å². The minimum atomic E-state index is -3.22. The average Bonchev–Trinajstić information content (AvgIpc) is 2.48. The highest BCUT2D eigenvalue weighted by molar-refractivity contribution is 6.31. The normalized spacial score (nSPS) is 11.3. The zero-order valence-electron chi connectivity index (χ0n) is 11.4. The molecule has 22 heavy (non-hydrogen) atoms. The number of aromatic nitrogens is 1. The maximum absolute atomic E-state index is 13.7. The third kappa shape index (κ3) is 3.93. The second-order valence-electron chi connectivity index (χ2n) is 4.57. The average molecular weight is 346 g/mol. The zero-order chi connectivity index (χ0) is 16.3. The lowest BCUT2D eigenvalue weighted by Crippen LogP contribution is -2.16. The molecule has 0 amide bonds. The molecule has 1 aromatic heterocycles. The van der Waals surface area contributed by atoms with Gasteiger partial charge in [-0.2, -0.15) is 0 Å². The summed E-state index contributed by atoms with van der Waals surface area (Å²) in [7, 11) is 0. The van der Waals surface area contributed by atoms with Gasteiger partial charge in [0, 0.05) is 35.3 Å². The van der Waals surface area contributed by atoms with Crippen LogP contribution < -0.4 is 4.74 Å². The lowest BCUT2D eigenvalue weighted by Gasteiger charge is -2.15. The molecule has 0 aliphatic rings. The van der Waals surface area contributed by atoms with Crippen LogP contribution in [0.5, 0.6) is 11.6 Å². The quantitative estimate of drug-likeness (QED) is 0.561. The van der Waals surface area contributed by atoms with E-state index in [9.17, 15) is 13.6 Å². The number of carbonyl (C=O) groups is 1. The molecule has 0 atom stereocenters. The Morgan fingerprint density at radius 3 is 2.50 bits per heavy atom. The van der Waals surface area contributed by atoms with E-state index in [1.807, 2.05) is 0 Å². The minimum Gasteiger partial charge on any atom is -0.439 e. The number of pyridine rings is 1. The molecule has 0 spiro atoms. The van der Waals surface area contributed by atoms with Crippen molar-refractivity contribution in [3.63, 3.8) is 0 Å². The number of ether oxygens (including phenoxy) is 1. The minimum absolute atomic E-state index is 0.0510. The van der Waals surface area contributed by atoms with Crippen LogP contribution in [0, 0.1) is 0 Å². The number of ketones is 1. The molecule has 0 fully saturated rings. The number of hydrogen-bond acceptors (Lipinski definition) is 3. The molecule has 2 rings (SSSR count). The predicted octanol–water partition coefficient (Wildman–Crippen LogP) is 5.06. The van der Waals surface area contributed by atoms with Crippen LogP contribution in [-0.4, -0.2) is 16.6 Å². The molecule has 0 saturated heterocycles. The molecule has 116 valence electrons. The van der Waals surface area contributed by atoms with Crippen LogP contribution in [-0.2, 0) is 5.92 Å². The van der Waals surface area contributed by atoms with E-state index >= 15 is 0 Å². The molecule has 0 radical (unpaired) electrons. The van der Waals surface area contributed by atoms with Gasteiger partial charge in [0.25, 0.3) is 5.92 Å². The Balaban J connectivity index is 2.38. The van der Waals surface area contributed by atoms with Crippen molar-refractivity contribution in [2.75, 3.05) is 5.88 Å². The van der Waals surface area contributed by atoms with Gasteiger partial charge in [0.1, 0.15) is 5.75 Å². The SMILES string of the molecule is CC(F)(F)c1cc(Oc2ccc(Cl)cc2)ncc1C(=O)CCl. The molecule has 1 aromatic carbocycles. The van der Waals surface area contributed by atoms with E-state index in [-0.39, 0.29) is 11.4 Å². The molecular formula is C15H11Cl2F2NO2. The molecule has 0 unspecified atom stereocenters. The highest BCUT2D eigenvalue weighted by Gasteiger charge is 2.31. The first-order valence-electron chi connectivity index (χ1n) is 6.22. The molecule has 0 bridgehead atoms. The smallest absolute Gasteiger partial charge is 0.271 e. The summed E-state index contributed by atoms with van der Waals surface area (Å²) in [4.78, 5) is 15.5. The van der Waals surface area contributed by atoms with Crippen LogP contribution in [0.15, 0.2) is 36.5 Å². The van der Waals surface area contributed by atoms with E-state index in [4.69, 9.17) is 27.9 Å². The third-order valence-electron chi connectivity index (χ3n) is 2.81. The molecule has 0 saturated carbocycles. The summed E-state index contributed by atoms with van der Waals surface area (Å²) in [6.45, 7) is 0.694. The summed E-state index contributed by atoms with van der Waals surface area (Å²) in [5.74, 6) is -3.91. The maximum Gasteiger partial charge on any atom is 0.271 e. The highest BCUT2D eigenvalue weighted by Crippen LogP contribution is 2.33. The first-order valence-corrected chi connectivity index (χ1v) is 7.13. The Morgan fingerprint density at radius 1 is 1.32 bits per heavy atom. The van der Waals surface area contributed by atoms with Crippen molar-refractivity contribution >= 4 is 29.0 Å². The number of benzene rings is 1. The number of carbonyl (C=O) groups excluding carboxylic acids is 1. The Morgan fingerprint density at radius 2 is 1.95 bits per heavy atom. The summed E-state index contributed by atoms with van der Waals surface area (Å²) in [6.07, 6.45) is 1.04. The predicted molar refractivity (Wildman–Crippen MR) is 80.4 cm³/mol. The first kappa shape index (κ1) is 16.6. The van der Waals surface area contributed by atoms with Crippen LogP contribution in [0.1, 0.15) is 22.8 Å². The lowest BCUT2D eigenvalue weighted by molar-refractivity contribution is 0.0162. The topological polar surface area (TPSA) is 39.2 Å². The second-order valence-corrected chi connectivity index (χ2v) is 5.27. The van der Waals surface area contributed by atoms with E-state index in [2.05, 4.69) is 4.98 Å². The number of rotatable bonds is 5. The van der Waals surface area contributed by atoms with Crippen LogP contribution >= 0.6 is 23.2 Å². The van der Waals surface area contributed by atoms with Crippen molar-refractivity contribution in [3.8, 4) is 11.6 Å². The van der Waals surface area contributed by atoms with Gasteiger partial charge in [-0.3, -0.25) is 4.79 Å². The monoisotopic (exact) mass is 345 g/mol. The number of nitrogens with zero attached hydrogens (tertiary/aromatic N) is 1. The fraction of sp³-hybridized carbons (Fsp3) is 0.200. The largest absolute Gasteiger partial charge is 0.439 e. The van der Waals surface area contributed by atoms with Gasteiger partial charge >= 0.3 is 0 Å².